The average Bonchev–Trinajstić information content (AvgIpc) is 2.61. The summed E-state index contributed by atoms with van der Waals surface area (Å²) in [5.74, 6) is -0.405. The molecule has 0 amide bonds. The maximum Gasteiger partial charge on any atom is 0.338 e. The second-order valence-electron chi connectivity index (χ2n) is 5.87. The van der Waals surface area contributed by atoms with Crippen LogP contribution in [0.25, 0.3) is 10.4 Å². The van der Waals surface area contributed by atoms with Gasteiger partial charge in [0.15, 0.2) is 0 Å². The zero-order chi connectivity index (χ0) is 17.4. The minimum absolute atomic E-state index is 0.0457. The van der Waals surface area contributed by atoms with Gasteiger partial charge in [0, 0.05) is 17.4 Å². The van der Waals surface area contributed by atoms with E-state index in [0.29, 0.717) is 18.5 Å². The molecule has 2 aromatic carbocycles. The van der Waals surface area contributed by atoms with Gasteiger partial charge in [-0.15, -0.1) is 0 Å². The van der Waals surface area contributed by atoms with E-state index in [4.69, 9.17) is 10.3 Å². The Hall–Kier alpha value is -2.78. The summed E-state index contributed by atoms with van der Waals surface area (Å²) >= 11 is 0. The summed E-state index contributed by atoms with van der Waals surface area (Å²) in [7, 11) is 0. The molecule has 2 rings (SSSR count). The minimum Gasteiger partial charge on any atom is -0.462 e. The van der Waals surface area contributed by atoms with Crippen LogP contribution in [0.1, 0.15) is 27.0 Å². The van der Waals surface area contributed by atoms with Gasteiger partial charge in [-0.25, -0.2) is 4.79 Å². The molecular weight excluding hydrogens is 302 g/mol. The fourth-order valence-electron chi connectivity index (χ4n) is 2.44. The first-order chi connectivity index (χ1) is 11.6. The molecule has 0 aliphatic heterocycles. The van der Waals surface area contributed by atoms with Gasteiger partial charge in [0.1, 0.15) is 0 Å². The largest absolute Gasteiger partial charge is 0.462 e. The van der Waals surface area contributed by atoms with E-state index in [2.05, 4.69) is 42.1 Å². The van der Waals surface area contributed by atoms with E-state index < -0.39 is 0 Å². The van der Waals surface area contributed by atoms with Crippen LogP contribution in [0.5, 0.6) is 0 Å². The number of hydrogen-bond acceptors (Lipinski definition) is 3. The highest BCUT2D eigenvalue weighted by Gasteiger charge is 2.14. The summed E-state index contributed by atoms with van der Waals surface area (Å²) in [6, 6.07) is 15.1. The zero-order valence-electron chi connectivity index (χ0n) is 14.0. The van der Waals surface area contributed by atoms with Gasteiger partial charge in [-0.05, 0) is 54.6 Å². The fourth-order valence-corrected chi connectivity index (χ4v) is 2.44. The third-order valence-electron chi connectivity index (χ3n) is 3.96. The zero-order valence-corrected chi connectivity index (χ0v) is 14.0. The number of nitrogens with zero attached hydrogens (tertiary/aromatic N) is 3. The quantitative estimate of drug-likeness (QED) is 0.322. The Labute approximate surface area is 141 Å². The second-order valence-corrected chi connectivity index (χ2v) is 5.87. The van der Waals surface area contributed by atoms with Crippen LogP contribution in [0.3, 0.4) is 0 Å². The number of aryl methyl sites for hydroxylation is 2. The van der Waals surface area contributed by atoms with Crippen LogP contribution in [-0.2, 0) is 11.2 Å². The van der Waals surface area contributed by atoms with E-state index in [9.17, 15) is 4.79 Å². The standard InChI is InChI=1S/C19H21N3O2/c1-14-8-9-16(10-15(14)2)11-17(12-21-22-20)13-24-19(23)18-6-4-3-5-7-18/h3-10,17H,11-13H2,1-2H3. The van der Waals surface area contributed by atoms with Crippen molar-refractivity contribution >= 4 is 5.97 Å². The maximum absolute atomic E-state index is 12.0. The smallest absolute Gasteiger partial charge is 0.338 e. The Bertz CT molecular complexity index is 738. The molecule has 5 heteroatoms. The van der Waals surface area contributed by atoms with Crippen LogP contribution in [0.4, 0.5) is 0 Å². The number of rotatable bonds is 7. The number of benzene rings is 2. The topological polar surface area (TPSA) is 75.1 Å². The molecule has 0 saturated carbocycles. The van der Waals surface area contributed by atoms with Gasteiger partial charge in [-0.3, -0.25) is 0 Å². The first kappa shape index (κ1) is 17.6. The maximum atomic E-state index is 12.0. The minimum atomic E-state index is -0.360. The van der Waals surface area contributed by atoms with Crippen molar-refractivity contribution in [2.75, 3.05) is 13.2 Å². The van der Waals surface area contributed by atoms with E-state index in [1.165, 1.54) is 11.1 Å². The molecular formula is C19H21N3O2. The Kier molecular flexibility index (Phi) is 6.41. The molecule has 5 nitrogen and oxygen atoms in total. The van der Waals surface area contributed by atoms with Crippen LogP contribution in [0.15, 0.2) is 53.6 Å². The molecule has 0 saturated heterocycles. The van der Waals surface area contributed by atoms with Gasteiger partial charge in [0.05, 0.1) is 12.2 Å². The second kappa shape index (κ2) is 8.75. The SMILES string of the molecule is Cc1ccc(CC(CN=[N+]=[N-])COC(=O)c2ccccc2)cc1C. The summed E-state index contributed by atoms with van der Waals surface area (Å²) in [5, 5.41) is 3.65. The highest BCUT2D eigenvalue weighted by Crippen LogP contribution is 2.15. The molecule has 2 aromatic rings. The molecule has 0 N–H and O–H groups in total. The van der Waals surface area contributed by atoms with Crippen LogP contribution in [0.2, 0.25) is 0 Å². The molecule has 0 aliphatic rings. The van der Waals surface area contributed by atoms with Crippen molar-refractivity contribution in [2.45, 2.75) is 20.3 Å². The van der Waals surface area contributed by atoms with Crippen LogP contribution < -0.4 is 0 Å². The lowest BCUT2D eigenvalue weighted by atomic mass is 9.97. The summed E-state index contributed by atoms with van der Waals surface area (Å²) in [5.41, 5.74) is 12.7. The molecule has 0 heterocycles. The van der Waals surface area contributed by atoms with Gasteiger partial charge in [-0.1, -0.05) is 41.5 Å². The Morgan fingerprint density at radius 3 is 2.58 bits per heavy atom. The fraction of sp³-hybridized carbons (Fsp3) is 0.316. The van der Waals surface area contributed by atoms with Gasteiger partial charge < -0.3 is 4.74 Å². The number of carbonyl (C=O) groups is 1. The lowest BCUT2D eigenvalue weighted by molar-refractivity contribution is 0.0443. The predicted molar refractivity (Wildman–Crippen MR) is 93.8 cm³/mol. The van der Waals surface area contributed by atoms with E-state index in [1.807, 2.05) is 6.07 Å². The van der Waals surface area contributed by atoms with Gasteiger partial charge in [-0.2, -0.15) is 0 Å². The van der Waals surface area contributed by atoms with Crippen molar-refractivity contribution in [3.05, 3.63) is 81.2 Å². The average molecular weight is 323 g/mol. The summed E-state index contributed by atoms with van der Waals surface area (Å²) in [4.78, 5) is 14.9. The van der Waals surface area contributed by atoms with Gasteiger partial charge in [0.2, 0.25) is 0 Å². The Morgan fingerprint density at radius 2 is 1.92 bits per heavy atom. The van der Waals surface area contributed by atoms with Crippen molar-refractivity contribution in [3.8, 4) is 0 Å². The molecule has 0 fully saturated rings. The number of ether oxygens (including phenoxy) is 1. The van der Waals surface area contributed by atoms with Crippen molar-refractivity contribution in [3.63, 3.8) is 0 Å². The molecule has 1 unspecified atom stereocenters. The highest BCUT2D eigenvalue weighted by atomic mass is 16.5. The third-order valence-corrected chi connectivity index (χ3v) is 3.96. The van der Waals surface area contributed by atoms with Gasteiger partial charge >= 0.3 is 5.97 Å². The van der Waals surface area contributed by atoms with Crippen molar-refractivity contribution in [1.82, 2.24) is 0 Å². The number of carbonyl (C=O) groups excluding carboxylic acids is 1. The van der Waals surface area contributed by atoms with E-state index >= 15 is 0 Å². The number of azide groups is 1. The predicted octanol–water partition coefficient (Wildman–Crippen LogP) is 4.63. The van der Waals surface area contributed by atoms with Crippen molar-refractivity contribution in [1.29, 1.82) is 0 Å². The monoisotopic (exact) mass is 323 g/mol. The van der Waals surface area contributed by atoms with E-state index in [-0.39, 0.29) is 18.5 Å². The Morgan fingerprint density at radius 1 is 1.17 bits per heavy atom. The van der Waals surface area contributed by atoms with Crippen LogP contribution in [-0.4, -0.2) is 19.1 Å². The third kappa shape index (κ3) is 5.14. The van der Waals surface area contributed by atoms with Crippen LogP contribution in [0, 0.1) is 19.8 Å². The lowest BCUT2D eigenvalue weighted by Crippen LogP contribution is -2.19. The molecule has 124 valence electrons. The van der Waals surface area contributed by atoms with E-state index in [1.54, 1.807) is 24.3 Å². The summed E-state index contributed by atoms with van der Waals surface area (Å²) in [6.45, 7) is 4.65. The van der Waals surface area contributed by atoms with Crippen molar-refractivity contribution < 1.29 is 9.53 Å². The number of esters is 1. The first-order valence-corrected chi connectivity index (χ1v) is 7.89. The first-order valence-electron chi connectivity index (χ1n) is 7.89. The molecule has 0 radical (unpaired) electrons. The lowest BCUT2D eigenvalue weighted by Gasteiger charge is -2.16. The molecule has 24 heavy (non-hydrogen) atoms. The van der Waals surface area contributed by atoms with Gasteiger partial charge in [0.25, 0.3) is 0 Å². The molecule has 0 aromatic heterocycles. The number of hydrogen-bond donors (Lipinski definition) is 0. The molecule has 0 bridgehead atoms. The summed E-state index contributed by atoms with van der Waals surface area (Å²) < 4.78 is 5.39. The van der Waals surface area contributed by atoms with Crippen molar-refractivity contribution in [2.24, 2.45) is 11.0 Å². The molecule has 1 atom stereocenters. The summed E-state index contributed by atoms with van der Waals surface area (Å²) in [6.07, 6.45) is 0.697. The highest BCUT2D eigenvalue weighted by molar-refractivity contribution is 5.89. The molecule has 0 aliphatic carbocycles. The normalized spacial score (nSPS) is 11.4. The molecule has 0 spiro atoms. The van der Waals surface area contributed by atoms with E-state index in [0.717, 1.165) is 5.56 Å². The Balaban J connectivity index is 2.01. The van der Waals surface area contributed by atoms with Crippen LogP contribution >= 0.6 is 0 Å².